The number of carbonyl (C=O) groups excluding carboxylic acids is 1. The number of hydrogen-bond donors (Lipinski definition) is 1. The fraction of sp³-hybridized carbons (Fsp3) is 0.120. The Morgan fingerprint density at radius 1 is 0.939 bits per heavy atom. The van der Waals surface area contributed by atoms with Gasteiger partial charge in [0.1, 0.15) is 12.4 Å². The summed E-state index contributed by atoms with van der Waals surface area (Å²) in [5, 5.41) is 17.9. The number of amides is 1. The molecule has 0 aliphatic carbocycles. The Morgan fingerprint density at radius 3 is 2.58 bits per heavy atom. The number of nitrogens with zero attached hydrogens (tertiary/aromatic N) is 4. The second kappa shape index (κ2) is 8.96. The van der Waals surface area contributed by atoms with Crippen LogP contribution in [0.25, 0.3) is 27.8 Å². The second-order valence-corrected chi connectivity index (χ2v) is 7.36. The van der Waals surface area contributed by atoms with Crippen molar-refractivity contribution in [3.8, 4) is 23.0 Å². The van der Waals surface area contributed by atoms with Crippen LogP contribution >= 0.6 is 0 Å². The van der Waals surface area contributed by atoms with Crippen molar-refractivity contribution < 1.29 is 14.3 Å². The number of methoxy groups -OCH3 is 1. The van der Waals surface area contributed by atoms with Gasteiger partial charge in [-0.05, 0) is 53.2 Å². The van der Waals surface area contributed by atoms with Crippen LogP contribution in [0.1, 0.15) is 10.4 Å². The van der Waals surface area contributed by atoms with Gasteiger partial charge in [-0.3, -0.25) is 4.79 Å². The first kappa shape index (κ1) is 20.4. The lowest BCUT2D eigenvalue weighted by atomic mass is 10.1. The molecule has 0 atom stereocenters. The third-order valence-electron chi connectivity index (χ3n) is 5.24. The van der Waals surface area contributed by atoms with Crippen LogP contribution in [0.5, 0.6) is 11.6 Å². The number of nitrogens with one attached hydrogen (secondary N) is 1. The van der Waals surface area contributed by atoms with Crippen molar-refractivity contribution in [2.45, 2.75) is 0 Å². The SMILES string of the molecule is COc1ccc(-c2nnc3ccc(OCCNC(=O)c4ccc5ccccc5c4)nn23)cc1. The first-order valence-corrected chi connectivity index (χ1v) is 10.5. The molecule has 1 N–H and O–H groups in total. The van der Waals surface area contributed by atoms with Gasteiger partial charge >= 0.3 is 0 Å². The van der Waals surface area contributed by atoms with Crippen molar-refractivity contribution in [1.29, 1.82) is 0 Å². The molecular formula is C25H21N5O3. The van der Waals surface area contributed by atoms with E-state index in [4.69, 9.17) is 9.47 Å². The third kappa shape index (κ3) is 4.31. The molecule has 0 saturated carbocycles. The minimum Gasteiger partial charge on any atom is -0.497 e. The van der Waals surface area contributed by atoms with Gasteiger partial charge in [-0.1, -0.05) is 30.3 Å². The van der Waals surface area contributed by atoms with E-state index in [9.17, 15) is 4.79 Å². The molecule has 0 aliphatic heterocycles. The molecule has 0 unspecified atom stereocenters. The Labute approximate surface area is 189 Å². The average Bonchev–Trinajstić information content (AvgIpc) is 3.29. The first-order valence-electron chi connectivity index (χ1n) is 10.5. The molecule has 8 nitrogen and oxygen atoms in total. The Balaban J connectivity index is 1.22. The zero-order valence-corrected chi connectivity index (χ0v) is 17.9. The molecule has 2 aromatic heterocycles. The highest BCUT2D eigenvalue weighted by molar-refractivity contribution is 5.98. The first-order chi connectivity index (χ1) is 16.2. The molecule has 2 heterocycles. The van der Waals surface area contributed by atoms with E-state index in [0.29, 0.717) is 29.5 Å². The van der Waals surface area contributed by atoms with Gasteiger partial charge in [0.25, 0.3) is 5.91 Å². The lowest BCUT2D eigenvalue weighted by Crippen LogP contribution is -2.28. The van der Waals surface area contributed by atoms with Crippen LogP contribution in [0.2, 0.25) is 0 Å². The summed E-state index contributed by atoms with van der Waals surface area (Å²) in [5.41, 5.74) is 2.08. The van der Waals surface area contributed by atoms with E-state index in [1.165, 1.54) is 0 Å². The Kier molecular flexibility index (Phi) is 5.55. The van der Waals surface area contributed by atoms with E-state index in [2.05, 4.69) is 20.6 Å². The molecule has 5 aromatic rings. The zero-order chi connectivity index (χ0) is 22.6. The molecule has 164 valence electrons. The molecule has 5 rings (SSSR count). The van der Waals surface area contributed by atoms with Crippen LogP contribution in [0.15, 0.2) is 78.9 Å². The molecule has 0 spiro atoms. The summed E-state index contributed by atoms with van der Waals surface area (Å²) in [6.45, 7) is 0.622. The topological polar surface area (TPSA) is 90.6 Å². The van der Waals surface area contributed by atoms with Gasteiger partial charge < -0.3 is 14.8 Å². The van der Waals surface area contributed by atoms with E-state index in [-0.39, 0.29) is 12.5 Å². The number of aromatic nitrogens is 4. The van der Waals surface area contributed by atoms with Crippen LogP contribution in [0.4, 0.5) is 0 Å². The summed E-state index contributed by atoms with van der Waals surface area (Å²) < 4.78 is 12.6. The summed E-state index contributed by atoms with van der Waals surface area (Å²) in [6.07, 6.45) is 0. The van der Waals surface area contributed by atoms with Gasteiger partial charge in [-0.25, -0.2) is 0 Å². The monoisotopic (exact) mass is 439 g/mol. The summed E-state index contributed by atoms with van der Waals surface area (Å²) in [7, 11) is 1.62. The second-order valence-electron chi connectivity index (χ2n) is 7.36. The molecule has 0 aliphatic rings. The predicted octanol–water partition coefficient (Wildman–Crippen LogP) is 3.76. The maximum atomic E-state index is 12.5. The number of rotatable bonds is 7. The highest BCUT2D eigenvalue weighted by Crippen LogP contribution is 2.22. The van der Waals surface area contributed by atoms with Gasteiger partial charge in [0.05, 0.1) is 13.7 Å². The molecule has 1 amide bonds. The molecule has 3 aromatic carbocycles. The lowest BCUT2D eigenvalue weighted by Gasteiger charge is -2.08. The largest absolute Gasteiger partial charge is 0.497 e. The molecule has 0 radical (unpaired) electrons. The minimum atomic E-state index is -0.145. The van der Waals surface area contributed by atoms with Gasteiger partial charge in [-0.15, -0.1) is 15.3 Å². The standard InChI is InChI=1S/C25H21N5O3/c1-32-21-10-8-18(9-11-21)24-28-27-22-12-13-23(29-30(22)24)33-15-14-26-25(31)20-7-6-17-4-2-3-5-19(17)16-20/h2-13,16H,14-15H2,1H3,(H,26,31). The fourth-order valence-electron chi connectivity index (χ4n) is 3.52. The summed E-state index contributed by atoms with van der Waals surface area (Å²) in [5.74, 6) is 1.63. The van der Waals surface area contributed by atoms with Gasteiger partial charge in [0.2, 0.25) is 5.88 Å². The van der Waals surface area contributed by atoms with Crippen molar-refractivity contribution in [3.05, 3.63) is 84.4 Å². The Morgan fingerprint density at radius 2 is 1.76 bits per heavy atom. The third-order valence-corrected chi connectivity index (χ3v) is 5.24. The number of carbonyl (C=O) groups is 1. The van der Waals surface area contributed by atoms with E-state index < -0.39 is 0 Å². The lowest BCUT2D eigenvalue weighted by molar-refractivity contribution is 0.0946. The number of ether oxygens (including phenoxy) is 2. The fourth-order valence-corrected chi connectivity index (χ4v) is 3.52. The van der Waals surface area contributed by atoms with Crippen LogP contribution in [0, 0.1) is 0 Å². The maximum absolute atomic E-state index is 12.5. The van der Waals surface area contributed by atoms with Gasteiger partial charge in [0, 0.05) is 17.2 Å². The van der Waals surface area contributed by atoms with Crippen LogP contribution in [-0.4, -0.2) is 46.0 Å². The Hall–Kier alpha value is -4.46. The smallest absolute Gasteiger partial charge is 0.251 e. The Bertz CT molecular complexity index is 1430. The minimum absolute atomic E-state index is 0.145. The van der Waals surface area contributed by atoms with E-state index in [1.54, 1.807) is 23.8 Å². The molecule has 0 bridgehead atoms. The summed E-state index contributed by atoms with van der Waals surface area (Å²) in [4.78, 5) is 12.5. The molecular weight excluding hydrogens is 418 g/mol. The number of hydrogen-bond acceptors (Lipinski definition) is 6. The van der Waals surface area contributed by atoms with E-state index in [1.807, 2.05) is 66.7 Å². The van der Waals surface area contributed by atoms with Crippen molar-refractivity contribution in [2.24, 2.45) is 0 Å². The highest BCUT2D eigenvalue weighted by atomic mass is 16.5. The quantitative estimate of drug-likeness (QED) is 0.388. The van der Waals surface area contributed by atoms with Crippen molar-refractivity contribution in [1.82, 2.24) is 25.1 Å². The van der Waals surface area contributed by atoms with Crippen molar-refractivity contribution >= 4 is 22.3 Å². The maximum Gasteiger partial charge on any atom is 0.251 e. The van der Waals surface area contributed by atoms with Crippen LogP contribution < -0.4 is 14.8 Å². The van der Waals surface area contributed by atoms with Gasteiger partial charge in [-0.2, -0.15) is 4.52 Å². The van der Waals surface area contributed by atoms with Crippen LogP contribution in [-0.2, 0) is 0 Å². The zero-order valence-electron chi connectivity index (χ0n) is 17.9. The molecule has 33 heavy (non-hydrogen) atoms. The molecule has 8 heteroatoms. The number of fused-ring (bicyclic) bond motifs is 2. The van der Waals surface area contributed by atoms with Gasteiger partial charge in [0.15, 0.2) is 11.5 Å². The molecule has 0 saturated heterocycles. The normalized spacial score (nSPS) is 10.9. The predicted molar refractivity (Wildman–Crippen MR) is 125 cm³/mol. The van der Waals surface area contributed by atoms with Crippen LogP contribution in [0.3, 0.4) is 0 Å². The number of benzene rings is 3. The highest BCUT2D eigenvalue weighted by Gasteiger charge is 2.11. The van der Waals surface area contributed by atoms with Crippen molar-refractivity contribution in [3.63, 3.8) is 0 Å². The van der Waals surface area contributed by atoms with E-state index in [0.717, 1.165) is 22.1 Å². The summed E-state index contributed by atoms with van der Waals surface area (Å²) in [6, 6.07) is 24.6. The average molecular weight is 439 g/mol. The molecule has 0 fully saturated rings. The summed E-state index contributed by atoms with van der Waals surface area (Å²) >= 11 is 0. The van der Waals surface area contributed by atoms with Crippen molar-refractivity contribution in [2.75, 3.05) is 20.3 Å². The van der Waals surface area contributed by atoms with E-state index >= 15 is 0 Å².